The molecule has 0 spiro atoms. The van der Waals surface area contributed by atoms with Crippen LogP contribution >= 0.6 is 24.8 Å². The number of nitrogens with one attached hydrogen (secondary N) is 2. The summed E-state index contributed by atoms with van der Waals surface area (Å²) in [5.41, 5.74) is 0.951. The number of hydrogen-bond donors (Lipinski definition) is 2. The van der Waals surface area contributed by atoms with E-state index in [2.05, 4.69) is 20.6 Å². The maximum Gasteiger partial charge on any atom is 0.234 e. The van der Waals surface area contributed by atoms with Gasteiger partial charge < -0.3 is 15.4 Å². The predicted octanol–water partition coefficient (Wildman–Crippen LogP) is 1.27. The fourth-order valence-electron chi connectivity index (χ4n) is 1.92. The van der Waals surface area contributed by atoms with Crippen LogP contribution < -0.4 is 10.6 Å². The van der Waals surface area contributed by atoms with Gasteiger partial charge in [-0.3, -0.25) is 9.36 Å². The van der Waals surface area contributed by atoms with Crippen LogP contribution in [0.2, 0.25) is 0 Å². The molecule has 0 bridgehead atoms. The number of carbonyl (C=O) groups is 1. The normalized spacial score (nSPS) is 9.75. The summed E-state index contributed by atoms with van der Waals surface area (Å²) in [6.45, 7) is 3.91. The molecule has 2 aromatic rings. The first-order valence-corrected chi connectivity index (χ1v) is 7.12. The Morgan fingerprint density at radius 1 is 1.29 bits per heavy atom. The van der Waals surface area contributed by atoms with E-state index in [0.717, 1.165) is 17.2 Å². The van der Waals surface area contributed by atoms with Crippen LogP contribution in [0.25, 0.3) is 5.82 Å². The third kappa shape index (κ3) is 6.84. The highest BCUT2D eigenvalue weighted by Gasteiger charge is 2.03. The zero-order valence-electron chi connectivity index (χ0n) is 13.7. The van der Waals surface area contributed by atoms with Gasteiger partial charge in [-0.25, -0.2) is 9.97 Å². The van der Waals surface area contributed by atoms with Gasteiger partial charge in [0.25, 0.3) is 0 Å². The molecular formula is C15H23Cl2N5O2. The van der Waals surface area contributed by atoms with Gasteiger partial charge in [0.05, 0.1) is 13.2 Å². The lowest BCUT2D eigenvalue weighted by molar-refractivity contribution is -0.120. The van der Waals surface area contributed by atoms with E-state index in [9.17, 15) is 4.79 Å². The summed E-state index contributed by atoms with van der Waals surface area (Å²) >= 11 is 0. The second-order valence-corrected chi connectivity index (χ2v) is 4.82. The standard InChI is InChI=1S/C15H21N5O2.2ClH/c1-12-17-5-7-20(12)14-4-3-13(9-18-14)10-19-15(21)11-16-6-8-22-2;;/h3-5,7,9,16H,6,8,10-11H2,1-2H3,(H,19,21);2*1H. The molecule has 0 unspecified atom stereocenters. The van der Waals surface area contributed by atoms with Crippen molar-refractivity contribution in [3.05, 3.63) is 42.1 Å². The van der Waals surface area contributed by atoms with Crippen molar-refractivity contribution in [1.29, 1.82) is 0 Å². The molecule has 9 heteroatoms. The van der Waals surface area contributed by atoms with Crippen LogP contribution in [-0.4, -0.2) is 47.2 Å². The number of aryl methyl sites for hydroxylation is 1. The Morgan fingerprint density at radius 3 is 2.67 bits per heavy atom. The highest BCUT2D eigenvalue weighted by molar-refractivity contribution is 5.85. The van der Waals surface area contributed by atoms with E-state index in [1.807, 2.05) is 29.8 Å². The summed E-state index contributed by atoms with van der Waals surface area (Å²) in [6.07, 6.45) is 5.36. The fourth-order valence-corrected chi connectivity index (χ4v) is 1.92. The first kappa shape index (κ1) is 22.3. The van der Waals surface area contributed by atoms with Gasteiger partial charge in [0.1, 0.15) is 11.6 Å². The van der Waals surface area contributed by atoms with Crippen LogP contribution in [0.4, 0.5) is 0 Å². The summed E-state index contributed by atoms with van der Waals surface area (Å²) in [5.74, 6) is 1.65. The molecule has 0 atom stereocenters. The molecule has 134 valence electrons. The van der Waals surface area contributed by atoms with Gasteiger partial charge in [0.15, 0.2) is 0 Å². The smallest absolute Gasteiger partial charge is 0.234 e. The number of carbonyl (C=O) groups excluding carboxylic acids is 1. The van der Waals surface area contributed by atoms with Gasteiger partial charge in [-0.1, -0.05) is 6.07 Å². The van der Waals surface area contributed by atoms with E-state index in [1.165, 1.54) is 0 Å². The Kier molecular flexibility index (Phi) is 11.0. The number of ether oxygens (including phenoxy) is 1. The van der Waals surface area contributed by atoms with Crippen molar-refractivity contribution in [3.63, 3.8) is 0 Å². The first-order chi connectivity index (χ1) is 10.7. The number of imidazole rings is 1. The molecule has 24 heavy (non-hydrogen) atoms. The molecule has 2 aromatic heterocycles. The average Bonchev–Trinajstić information content (AvgIpc) is 2.96. The average molecular weight is 376 g/mol. The van der Waals surface area contributed by atoms with Crippen molar-refractivity contribution in [2.75, 3.05) is 26.8 Å². The van der Waals surface area contributed by atoms with Gasteiger partial charge in [-0.15, -0.1) is 24.8 Å². The van der Waals surface area contributed by atoms with Crippen LogP contribution in [0.3, 0.4) is 0 Å². The zero-order valence-corrected chi connectivity index (χ0v) is 15.3. The highest BCUT2D eigenvalue weighted by Crippen LogP contribution is 2.08. The summed E-state index contributed by atoms with van der Waals surface area (Å²) in [5, 5.41) is 5.83. The molecule has 0 aliphatic rings. The Bertz CT molecular complexity index is 604. The number of rotatable bonds is 8. The van der Waals surface area contributed by atoms with E-state index >= 15 is 0 Å². The van der Waals surface area contributed by atoms with E-state index < -0.39 is 0 Å². The van der Waals surface area contributed by atoms with E-state index in [1.54, 1.807) is 19.5 Å². The zero-order chi connectivity index (χ0) is 15.8. The van der Waals surface area contributed by atoms with Crippen molar-refractivity contribution in [2.45, 2.75) is 13.5 Å². The number of amides is 1. The largest absolute Gasteiger partial charge is 0.383 e. The van der Waals surface area contributed by atoms with Crippen LogP contribution in [0, 0.1) is 6.92 Å². The van der Waals surface area contributed by atoms with E-state index in [0.29, 0.717) is 19.7 Å². The van der Waals surface area contributed by atoms with E-state index in [4.69, 9.17) is 4.74 Å². The maximum atomic E-state index is 11.6. The molecule has 1 amide bonds. The topological polar surface area (TPSA) is 81.1 Å². The van der Waals surface area contributed by atoms with Crippen molar-refractivity contribution in [2.24, 2.45) is 0 Å². The van der Waals surface area contributed by atoms with Crippen LogP contribution in [-0.2, 0) is 16.1 Å². The third-order valence-corrected chi connectivity index (χ3v) is 3.14. The van der Waals surface area contributed by atoms with Crippen molar-refractivity contribution < 1.29 is 9.53 Å². The van der Waals surface area contributed by atoms with Crippen molar-refractivity contribution in [3.8, 4) is 5.82 Å². The minimum absolute atomic E-state index is 0. The summed E-state index contributed by atoms with van der Waals surface area (Å²) in [4.78, 5) is 20.2. The Labute approximate surface area is 154 Å². The highest BCUT2D eigenvalue weighted by atomic mass is 35.5. The molecule has 0 saturated heterocycles. The molecule has 0 saturated carbocycles. The number of nitrogens with zero attached hydrogens (tertiary/aromatic N) is 3. The van der Waals surface area contributed by atoms with Crippen LogP contribution in [0.1, 0.15) is 11.4 Å². The van der Waals surface area contributed by atoms with Crippen LogP contribution in [0.15, 0.2) is 30.7 Å². The number of halogens is 2. The quantitative estimate of drug-likeness (QED) is 0.679. The Morgan fingerprint density at radius 2 is 2.08 bits per heavy atom. The lowest BCUT2D eigenvalue weighted by Crippen LogP contribution is -2.34. The van der Waals surface area contributed by atoms with Gasteiger partial charge in [0.2, 0.25) is 5.91 Å². The molecule has 2 rings (SSSR count). The van der Waals surface area contributed by atoms with E-state index in [-0.39, 0.29) is 37.3 Å². The van der Waals surface area contributed by atoms with Gasteiger partial charge in [-0.05, 0) is 18.6 Å². The predicted molar refractivity (Wildman–Crippen MR) is 97.2 cm³/mol. The number of pyridine rings is 1. The second-order valence-electron chi connectivity index (χ2n) is 4.82. The first-order valence-electron chi connectivity index (χ1n) is 7.12. The monoisotopic (exact) mass is 375 g/mol. The van der Waals surface area contributed by atoms with Crippen LogP contribution in [0.5, 0.6) is 0 Å². The summed E-state index contributed by atoms with van der Waals surface area (Å²) in [7, 11) is 1.63. The van der Waals surface area contributed by atoms with Gasteiger partial charge in [0, 0.05) is 38.8 Å². The SMILES string of the molecule is COCCNCC(=O)NCc1ccc(-n2ccnc2C)nc1.Cl.Cl. The molecule has 0 aliphatic carbocycles. The minimum Gasteiger partial charge on any atom is -0.383 e. The fraction of sp³-hybridized carbons (Fsp3) is 0.400. The number of methoxy groups -OCH3 is 1. The van der Waals surface area contributed by atoms with Gasteiger partial charge >= 0.3 is 0 Å². The molecule has 2 heterocycles. The number of aromatic nitrogens is 3. The molecule has 0 aliphatic heterocycles. The lowest BCUT2D eigenvalue weighted by atomic mass is 10.3. The molecule has 0 aromatic carbocycles. The molecule has 0 radical (unpaired) electrons. The Hall–Kier alpha value is -1.67. The molecule has 7 nitrogen and oxygen atoms in total. The molecule has 0 fully saturated rings. The molecular weight excluding hydrogens is 353 g/mol. The van der Waals surface area contributed by atoms with Crippen molar-refractivity contribution in [1.82, 2.24) is 25.2 Å². The maximum absolute atomic E-state index is 11.6. The second kappa shape index (κ2) is 11.8. The summed E-state index contributed by atoms with van der Waals surface area (Å²) < 4.78 is 6.80. The lowest BCUT2D eigenvalue weighted by Gasteiger charge is -2.08. The molecule has 2 N–H and O–H groups in total. The Balaban J connectivity index is 0.00000264. The number of hydrogen-bond acceptors (Lipinski definition) is 5. The van der Waals surface area contributed by atoms with Crippen molar-refractivity contribution >= 4 is 30.7 Å². The summed E-state index contributed by atoms with van der Waals surface area (Å²) in [6, 6.07) is 3.85. The van der Waals surface area contributed by atoms with Gasteiger partial charge in [-0.2, -0.15) is 0 Å². The minimum atomic E-state index is -0.0503. The third-order valence-electron chi connectivity index (χ3n) is 3.14.